The molecule has 0 bridgehead atoms. The van der Waals surface area contributed by atoms with E-state index in [1.807, 2.05) is 6.07 Å². The number of alkyl halides is 1. The van der Waals surface area contributed by atoms with Gasteiger partial charge in [-0.25, -0.2) is 0 Å². The summed E-state index contributed by atoms with van der Waals surface area (Å²) in [6, 6.07) is 12.8. The number of carbonyl (C=O) groups excluding carboxylic acids is 1. The van der Waals surface area contributed by atoms with Gasteiger partial charge >= 0.3 is 0 Å². The van der Waals surface area contributed by atoms with Crippen LogP contribution in [0, 0.1) is 13.8 Å². The minimum Gasteiger partial charge on any atom is -0.326 e. The van der Waals surface area contributed by atoms with Crippen molar-refractivity contribution in [2.75, 3.05) is 5.32 Å². The van der Waals surface area contributed by atoms with E-state index in [1.165, 1.54) is 27.8 Å². The lowest BCUT2D eigenvalue weighted by molar-refractivity contribution is -0.116. The van der Waals surface area contributed by atoms with Gasteiger partial charge in [0.2, 0.25) is 5.91 Å². The highest BCUT2D eigenvalue weighted by Crippen LogP contribution is 2.36. The van der Waals surface area contributed by atoms with Crippen molar-refractivity contribution >= 4 is 27.5 Å². The predicted molar refractivity (Wildman–Crippen MR) is 90.1 cm³/mol. The van der Waals surface area contributed by atoms with Gasteiger partial charge < -0.3 is 5.32 Å². The first-order valence-corrected chi connectivity index (χ1v) is 8.10. The second kappa shape index (κ2) is 5.64. The zero-order valence-electron chi connectivity index (χ0n) is 12.2. The van der Waals surface area contributed by atoms with E-state index in [9.17, 15) is 4.79 Å². The number of hydrogen-bond acceptors (Lipinski definition) is 1. The third-order valence-corrected chi connectivity index (χ3v) is 5.05. The Morgan fingerprint density at radius 1 is 1.10 bits per heavy atom. The summed E-state index contributed by atoms with van der Waals surface area (Å²) in [6.07, 6.45) is 1.40. The molecule has 1 N–H and O–H groups in total. The van der Waals surface area contributed by atoms with E-state index in [4.69, 9.17) is 0 Å². The zero-order chi connectivity index (χ0) is 15.0. The van der Waals surface area contributed by atoms with Crippen molar-refractivity contribution in [3.63, 3.8) is 0 Å². The number of halogens is 1. The van der Waals surface area contributed by atoms with Crippen LogP contribution in [0.4, 0.5) is 5.69 Å². The van der Waals surface area contributed by atoms with Gasteiger partial charge in [-0.15, -0.1) is 0 Å². The molecule has 108 valence electrons. The van der Waals surface area contributed by atoms with Gasteiger partial charge in [-0.1, -0.05) is 51.8 Å². The monoisotopic (exact) mass is 343 g/mol. The van der Waals surface area contributed by atoms with Crippen LogP contribution in [0.1, 0.15) is 39.1 Å². The number of benzene rings is 2. The van der Waals surface area contributed by atoms with E-state index in [1.54, 1.807) is 0 Å². The molecule has 0 saturated heterocycles. The first-order chi connectivity index (χ1) is 10.0. The van der Waals surface area contributed by atoms with Crippen LogP contribution in [0.5, 0.6) is 0 Å². The average Bonchev–Trinajstić information content (AvgIpc) is 2.48. The largest absolute Gasteiger partial charge is 0.326 e. The lowest BCUT2D eigenvalue weighted by Gasteiger charge is -2.20. The van der Waals surface area contributed by atoms with E-state index < -0.39 is 0 Å². The van der Waals surface area contributed by atoms with E-state index in [0.29, 0.717) is 6.42 Å². The Hall–Kier alpha value is -1.61. The van der Waals surface area contributed by atoms with E-state index in [2.05, 4.69) is 65.4 Å². The average molecular weight is 344 g/mol. The molecule has 0 radical (unpaired) electrons. The van der Waals surface area contributed by atoms with Crippen LogP contribution < -0.4 is 5.32 Å². The van der Waals surface area contributed by atoms with E-state index in [0.717, 1.165) is 12.1 Å². The molecule has 1 unspecified atom stereocenters. The highest BCUT2D eigenvalue weighted by Gasteiger charge is 2.18. The van der Waals surface area contributed by atoms with Crippen LogP contribution in [0.25, 0.3) is 0 Å². The molecule has 1 aliphatic heterocycles. The van der Waals surface area contributed by atoms with Crippen LogP contribution in [-0.2, 0) is 11.2 Å². The van der Waals surface area contributed by atoms with E-state index in [-0.39, 0.29) is 10.7 Å². The minimum atomic E-state index is 0.111. The summed E-state index contributed by atoms with van der Waals surface area (Å²) >= 11 is 3.83. The summed E-state index contributed by atoms with van der Waals surface area (Å²) in [5, 5.41) is 2.93. The molecule has 2 aromatic rings. The van der Waals surface area contributed by atoms with Crippen molar-refractivity contribution in [1.29, 1.82) is 0 Å². The number of anilines is 1. The van der Waals surface area contributed by atoms with Gasteiger partial charge in [-0.05, 0) is 48.6 Å². The smallest absolute Gasteiger partial charge is 0.224 e. The molecule has 0 saturated carbocycles. The maximum Gasteiger partial charge on any atom is 0.224 e. The topological polar surface area (TPSA) is 29.1 Å². The van der Waals surface area contributed by atoms with Crippen LogP contribution >= 0.6 is 15.9 Å². The number of rotatable bonds is 2. The minimum absolute atomic E-state index is 0.111. The van der Waals surface area contributed by atoms with Crippen LogP contribution in [-0.4, -0.2) is 5.91 Å². The van der Waals surface area contributed by atoms with Crippen LogP contribution in [0.2, 0.25) is 0 Å². The van der Waals surface area contributed by atoms with Gasteiger partial charge in [0.1, 0.15) is 0 Å². The van der Waals surface area contributed by atoms with Gasteiger partial charge in [0.25, 0.3) is 0 Å². The third kappa shape index (κ3) is 2.88. The molecule has 0 aliphatic carbocycles. The standard InChI is InChI=1S/C18H18BrNO/c1-11-3-4-12(2)15(9-11)18(19)14-5-7-16-13(10-14)6-8-17(21)20-16/h3-5,7,9-10,18H,6,8H2,1-2H3,(H,20,21). The molecule has 1 atom stereocenters. The highest BCUT2D eigenvalue weighted by molar-refractivity contribution is 9.09. The van der Waals surface area contributed by atoms with Crippen molar-refractivity contribution in [1.82, 2.24) is 0 Å². The van der Waals surface area contributed by atoms with Crippen LogP contribution in [0.3, 0.4) is 0 Å². The van der Waals surface area contributed by atoms with E-state index >= 15 is 0 Å². The van der Waals surface area contributed by atoms with Gasteiger partial charge in [-0.2, -0.15) is 0 Å². The normalized spacial score (nSPS) is 15.3. The summed E-state index contributed by atoms with van der Waals surface area (Å²) in [5.41, 5.74) is 7.27. The van der Waals surface area contributed by atoms with Gasteiger partial charge in [0.15, 0.2) is 0 Å². The fourth-order valence-corrected chi connectivity index (χ4v) is 3.55. The molecule has 3 rings (SSSR count). The Labute approximate surface area is 133 Å². The zero-order valence-corrected chi connectivity index (χ0v) is 13.8. The Bertz CT molecular complexity index is 708. The van der Waals surface area contributed by atoms with Crippen molar-refractivity contribution in [3.8, 4) is 0 Å². The number of hydrogen-bond donors (Lipinski definition) is 1. The van der Waals surface area contributed by atoms with Crippen molar-refractivity contribution in [3.05, 3.63) is 64.2 Å². The van der Waals surface area contributed by atoms with Gasteiger partial charge in [0.05, 0.1) is 4.83 Å². The summed E-state index contributed by atoms with van der Waals surface area (Å²) in [4.78, 5) is 11.6. The molecule has 3 heteroatoms. The molecule has 2 nitrogen and oxygen atoms in total. The Morgan fingerprint density at radius 3 is 2.71 bits per heavy atom. The molecule has 1 amide bonds. The number of aryl methyl sites for hydroxylation is 3. The third-order valence-electron chi connectivity index (χ3n) is 4.03. The molecular formula is C18H18BrNO. The lowest BCUT2D eigenvalue weighted by Crippen LogP contribution is -2.19. The van der Waals surface area contributed by atoms with Crippen molar-refractivity contribution in [2.45, 2.75) is 31.5 Å². The molecule has 21 heavy (non-hydrogen) atoms. The van der Waals surface area contributed by atoms with Crippen molar-refractivity contribution < 1.29 is 4.79 Å². The van der Waals surface area contributed by atoms with Crippen molar-refractivity contribution in [2.24, 2.45) is 0 Å². The quantitative estimate of drug-likeness (QED) is 0.788. The molecule has 2 aromatic carbocycles. The second-order valence-corrected chi connectivity index (χ2v) is 6.60. The molecular weight excluding hydrogens is 326 g/mol. The SMILES string of the molecule is Cc1ccc(C)c(C(Br)c2ccc3c(c2)CCC(=O)N3)c1. The highest BCUT2D eigenvalue weighted by atomic mass is 79.9. The van der Waals surface area contributed by atoms with Crippen LogP contribution in [0.15, 0.2) is 36.4 Å². The fourth-order valence-electron chi connectivity index (χ4n) is 2.77. The first kappa shape index (κ1) is 14.3. The Morgan fingerprint density at radius 2 is 1.90 bits per heavy atom. The molecule has 0 aromatic heterocycles. The summed E-state index contributed by atoms with van der Waals surface area (Å²) in [5.74, 6) is 0.111. The Kier molecular flexibility index (Phi) is 3.85. The molecule has 1 aliphatic rings. The molecule has 0 fully saturated rings. The first-order valence-electron chi connectivity index (χ1n) is 7.18. The summed E-state index contributed by atoms with van der Waals surface area (Å²) in [6.45, 7) is 4.26. The van der Waals surface area contributed by atoms with Gasteiger partial charge in [0, 0.05) is 12.1 Å². The molecule has 1 heterocycles. The maximum atomic E-state index is 11.4. The maximum absolute atomic E-state index is 11.4. The number of fused-ring (bicyclic) bond motifs is 1. The predicted octanol–water partition coefficient (Wildman–Crippen LogP) is 4.67. The molecule has 0 spiro atoms. The van der Waals surface area contributed by atoms with Gasteiger partial charge in [-0.3, -0.25) is 4.79 Å². The summed E-state index contributed by atoms with van der Waals surface area (Å²) < 4.78 is 0. The number of amides is 1. The number of carbonyl (C=O) groups is 1. The second-order valence-electron chi connectivity index (χ2n) is 5.69. The summed E-state index contributed by atoms with van der Waals surface area (Å²) in [7, 11) is 0. The number of nitrogens with one attached hydrogen (secondary N) is 1. The fraction of sp³-hybridized carbons (Fsp3) is 0.278. The lowest BCUT2D eigenvalue weighted by atomic mass is 9.95. The Balaban J connectivity index is 1.97.